The molecule has 1 heterocycles. The van der Waals surface area contributed by atoms with Crippen molar-refractivity contribution in [2.45, 2.75) is 33.1 Å². The summed E-state index contributed by atoms with van der Waals surface area (Å²) in [6.07, 6.45) is 3.10. The number of carbonyl (C=O) groups is 1. The summed E-state index contributed by atoms with van der Waals surface area (Å²) in [5, 5.41) is 2.88. The van der Waals surface area contributed by atoms with Crippen molar-refractivity contribution in [3.05, 3.63) is 45.6 Å². The lowest BCUT2D eigenvalue weighted by Crippen LogP contribution is -2.11. The number of halogens is 1. The van der Waals surface area contributed by atoms with Crippen LogP contribution in [0.3, 0.4) is 0 Å². The topological polar surface area (TPSA) is 55.1 Å². The highest BCUT2D eigenvalue weighted by atomic mass is 35.5. The maximum atomic E-state index is 12.3. The monoisotopic (exact) mass is 324 g/mol. The molecule has 0 saturated heterocycles. The second-order valence-electron chi connectivity index (χ2n) is 4.70. The molecule has 0 aliphatic carbocycles. The number of nitrogens with two attached hydrogens (primary N) is 1. The van der Waals surface area contributed by atoms with Crippen LogP contribution >= 0.6 is 23.7 Å². The number of nitrogen functional groups attached to an aromatic ring is 1. The van der Waals surface area contributed by atoms with Crippen LogP contribution in [-0.2, 0) is 12.8 Å². The van der Waals surface area contributed by atoms with Crippen molar-refractivity contribution >= 4 is 41.0 Å². The van der Waals surface area contributed by atoms with Gasteiger partial charge < -0.3 is 11.1 Å². The molecule has 1 amide bonds. The first-order valence-corrected chi connectivity index (χ1v) is 7.74. The van der Waals surface area contributed by atoms with Gasteiger partial charge in [0.15, 0.2) is 0 Å². The molecule has 1 aromatic carbocycles. The van der Waals surface area contributed by atoms with Gasteiger partial charge in [-0.2, -0.15) is 0 Å². The first-order valence-electron chi connectivity index (χ1n) is 6.93. The zero-order valence-corrected chi connectivity index (χ0v) is 13.9. The molecule has 2 rings (SSSR count). The van der Waals surface area contributed by atoms with E-state index in [9.17, 15) is 4.79 Å². The number of nitrogens with one attached hydrogen (secondary N) is 1. The zero-order chi connectivity index (χ0) is 14.5. The summed E-state index contributed by atoms with van der Waals surface area (Å²) < 4.78 is 0. The number of amides is 1. The third-order valence-corrected chi connectivity index (χ3v) is 4.42. The van der Waals surface area contributed by atoms with E-state index in [1.165, 1.54) is 10.4 Å². The molecule has 0 bridgehead atoms. The number of benzene rings is 1. The maximum Gasteiger partial charge on any atom is 0.265 e. The Hall–Kier alpha value is -1.52. The summed E-state index contributed by atoms with van der Waals surface area (Å²) >= 11 is 1.59. The van der Waals surface area contributed by atoms with Crippen molar-refractivity contribution in [2.75, 3.05) is 11.1 Å². The third kappa shape index (κ3) is 4.22. The highest BCUT2D eigenvalue weighted by Crippen LogP contribution is 2.26. The highest BCUT2D eigenvalue weighted by Gasteiger charge is 2.14. The minimum absolute atomic E-state index is 0. The van der Waals surface area contributed by atoms with Gasteiger partial charge in [0.25, 0.3) is 5.91 Å². The van der Waals surface area contributed by atoms with Crippen LogP contribution in [0.25, 0.3) is 0 Å². The van der Waals surface area contributed by atoms with Gasteiger partial charge in [-0.25, -0.2) is 0 Å². The first kappa shape index (κ1) is 17.5. The average molecular weight is 325 g/mol. The number of thiophene rings is 1. The lowest BCUT2D eigenvalue weighted by molar-refractivity contribution is 0.103. The quantitative estimate of drug-likeness (QED) is 0.794. The van der Waals surface area contributed by atoms with Crippen LogP contribution < -0.4 is 11.1 Å². The molecule has 21 heavy (non-hydrogen) atoms. The average Bonchev–Trinajstić information content (AvgIpc) is 2.85. The lowest BCUT2D eigenvalue weighted by Gasteiger charge is -2.06. The fourth-order valence-electron chi connectivity index (χ4n) is 2.11. The number of hydrogen-bond donors (Lipinski definition) is 2. The first-order chi connectivity index (χ1) is 9.65. The Morgan fingerprint density at radius 1 is 1.29 bits per heavy atom. The molecule has 0 atom stereocenters. The molecule has 3 nitrogen and oxygen atoms in total. The molecule has 0 radical (unpaired) electrons. The Balaban J connectivity index is 0.00000220. The van der Waals surface area contributed by atoms with E-state index in [-0.39, 0.29) is 18.3 Å². The molecule has 0 saturated carbocycles. The fraction of sp³-hybridized carbons (Fsp3) is 0.312. The molecule has 3 N–H and O–H groups in total. The summed E-state index contributed by atoms with van der Waals surface area (Å²) in [7, 11) is 0. The second kappa shape index (κ2) is 8.05. The number of aryl methyl sites for hydroxylation is 2. The molecule has 114 valence electrons. The van der Waals surface area contributed by atoms with Gasteiger partial charge in [0.2, 0.25) is 0 Å². The van der Waals surface area contributed by atoms with Gasteiger partial charge in [0.1, 0.15) is 0 Å². The van der Waals surface area contributed by atoms with Gasteiger partial charge >= 0.3 is 0 Å². The van der Waals surface area contributed by atoms with Crippen LogP contribution in [0.15, 0.2) is 30.3 Å². The predicted molar refractivity (Wildman–Crippen MR) is 93.7 cm³/mol. The summed E-state index contributed by atoms with van der Waals surface area (Å²) in [6.45, 7) is 4.28. The van der Waals surface area contributed by atoms with E-state index in [2.05, 4.69) is 19.2 Å². The van der Waals surface area contributed by atoms with Crippen LogP contribution in [-0.4, -0.2) is 5.91 Å². The Morgan fingerprint density at radius 3 is 2.62 bits per heavy atom. The van der Waals surface area contributed by atoms with Crippen molar-refractivity contribution in [1.82, 2.24) is 0 Å². The van der Waals surface area contributed by atoms with Crippen LogP contribution in [0.5, 0.6) is 0 Å². The highest BCUT2D eigenvalue weighted by molar-refractivity contribution is 7.14. The van der Waals surface area contributed by atoms with E-state index in [0.29, 0.717) is 11.4 Å². The fourth-order valence-corrected chi connectivity index (χ4v) is 3.36. The van der Waals surface area contributed by atoms with Gasteiger partial charge in [0.05, 0.1) is 16.3 Å². The van der Waals surface area contributed by atoms with E-state index < -0.39 is 0 Å². The van der Waals surface area contributed by atoms with Crippen molar-refractivity contribution < 1.29 is 4.79 Å². The van der Waals surface area contributed by atoms with Crippen molar-refractivity contribution in [1.29, 1.82) is 0 Å². The van der Waals surface area contributed by atoms with E-state index in [1.807, 2.05) is 24.3 Å². The number of anilines is 2. The number of carbonyl (C=O) groups excluding carboxylic acids is 1. The smallest absolute Gasteiger partial charge is 0.265 e. The van der Waals surface area contributed by atoms with E-state index in [0.717, 1.165) is 24.1 Å². The van der Waals surface area contributed by atoms with Gasteiger partial charge in [-0.1, -0.05) is 32.4 Å². The number of rotatable bonds is 5. The van der Waals surface area contributed by atoms with Crippen molar-refractivity contribution in [2.24, 2.45) is 0 Å². The summed E-state index contributed by atoms with van der Waals surface area (Å²) in [5.41, 5.74) is 8.38. The van der Waals surface area contributed by atoms with Crippen LogP contribution in [0, 0.1) is 0 Å². The predicted octanol–water partition coefficient (Wildman–Crippen LogP) is 4.52. The Kier molecular flexibility index (Phi) is 6.72. The molecule has 0 unspecified atom stereocenters. The SMILES string of the molecule is CCCc1sc(C(=O)Nc2ccccc2N)cc1CC.Cl. The van der Waals surface area contributed by atoms with E-state index >= 15 is 0 Å². The Morgan fingerprint density at radius 2 is 2.00 bits per heavy atom. The summed E-state index contributed by atoms with van der Waals surface area (Å²) in [5.74, 6) is -0.0787. The number of hydrogen-bond acceptors (Lipinski definition) is 3. The molecular formula is C16H21ClN2OS. The normalized spacial score (nSPS) is 10.0. The van der Waals surface area contributed by atoms with Gasteiger partial charge in [-0.3, -0.25) is 4.79 Å². The largest absolute Gasteiger partial charge is 0.397 e. The second-order valence-corrected chi connectivity index (χ2v) is 5.84. The Labute approximate surface area is 136 Å². The molecule has 0 aliphatic heterocycles. The van der Waals surface area contributed by atoms with E-state index in [4.69, 9.17) is 5.73 Å². The maximum absolute atomic E-state index is 12.3. The molecule has 1 aromatic heterocycles. The van der Waals surface area contributed by atoms with E-state index in [1.54, 1.807) is 17.4 Å². The molecule has 5 heteroatoms. The van der Waals surface area contributed by atoms with Crippen LogP contribution in [0.1, 0.15) is 40.4 Å². The van der Waals surface area contributed by atoms with Crippen molar-refractivity contribution in [3.63, 3.8) is 0 Å². The zero-order valence-electron chi connectivity index (χ0n) is 12.3. The summed E-state index contributed by atoms with van der Waals surface area (Å²) in [4.78, 5) is 14.4. The number of para-hydroxylation sites is 2. The minimum Gasteiger partial charge on any atom is -0.397 e. The van der Waals surface area contributed by atoms with Crippen molar-refractivity contribution in [3.8, 4) is 0 Å². The standard InChI is InChI=1S/C16H20N2OS.ClH/c1-3-7-14-11(4-2)10-15(20-14)16(19)18-13-9-6-5-8-12(13)17;/h5-6,8-10H,3-4,7,17H2,1-2H3,(H,18,19);1H. The van der Waals surface area contributed by atoms with Crippen LogP contribution in [0.4, 0.5) is 11.4 Å². The van der Waals surface area contributed by atoms with Crippen LogP contribution in [0.2, 0.25) is 0 Å². The molecule has 0 fully saturated rings. The minimum atomic E-state index is -0.0787. The molecule has 0 aliphatic rings. The van der Waals surface area contributed by atoms with Gasteiger partial charge in [-0.15, -0.1) is 23.7 Å². The van der Waals surface area contributed by atoms with Gasteiger partial charge in [-0.05, 0) is 36.6 Å². The lowest BCUT2D eigenvalue weighted by atomic mass is 10.1. The molecular weight excluding hydrogens is 304 g/mol. The molecule has 0 spiro atoms. The third-order valence-electron chi connectivity index (χ3n) is 3.19. The Bertz CT molecular complexity index is 610. The van der Waals surface area contributed by atoms with Gasteiger partial charge in [0, 0.05) is 4.88 Å². The summed E-state index contributed by atoms with van der Waals surface area (Å²) in [6, 6.07) is 9.31. The molecule has 2 aromatic rings.